The van der Waals surface area contributed by atoms with Crippen LogP contribution in [0.4, 0.5) is 5.82 Å². The van der Waals surface area contributed by atoms with Crippen molar-refractivity contribution in [2.75, 3.05) is 24.6 Å². The Hall–Kier alpha value is -2.40. The van der Waals surface area contributed by atoms with Gasteiger partial charge in [-0.2, -0.15) is 0 Å². The molecule has 1 aliphatic heterocycles. The van der Waals surface area contributed by atoms with E-state index in [-0.39, 0.29) is 17.9 Å². The second-order valence-corrected chi connectivity index (χ2v) is 8.44. The Labute approximate surface area is 166 Å². The van der Waals surface area contributed by atoms with Gasteiger partial charge in [-0.15, -0.1) is 0 Å². The van der Waals surface area contributed by atoms with E-state index in [4.69, 9.17) is 0 Å². The fourth-order valence-corrected chi connectivity index (χ4v) is 4.17. The van der Waals surface area contributed by atoms with Crippen LogP contribution in [0.5, 0.6) is 0 Å². The molecule has 1 saturated heterocycles. The van der Waals surface area contributed by atoms with E-state index >= 15 is 0 Å². The van der Waals surface area contributed by atoms with Crippen LogP contribution < -0.4 is 10.2 Å². The third-order valence-corrected chi connectivity index (χ3v) is 6.07. The van der Waals surface area contributed by atoms with Gasteiger partial charge in [-0.1, -0.05) is 24.3 Å². The topological polar surface area (TPSA) is 65.5 Å². The maximum atomic E-state index is 12.4. The van der Waals surface area contributed by atoms with E-state index in [1.54, 1.807) is 12.3 Å². The van der Waals surface area contributed by atoms with Crippen molar-refractivity contribution in [3.63, 3.8) is 0 Å². The molecule has 4 rings (SSSR count). The fourth-order valence-electron chi connectivity index (χ4n) is 4.17. The Balaban J connectivity index is 1.52. The Morgan fingerprint density at radius 2 is 2.14 bits per heavy atom. The van der Waals surface area contributed by atoms with Crippen LogP contribution in [-0.2, 0) is 6.42 Å². The molecule has 0 bridgehead atoms. The van der Waals surface area contributed by atoms with Gasteiger partial charge >= 0.3 is 0 Å². The summed E-state index contributed by atoms with van der Waals surface area (Å²) in [6.45, 7) is 3.93. The molecule has 28 heavy (non-hydrogen) atoms. The predicted molar refractivity (Wildman–Crippen MR) is 111 cm³/mol. The van der Waals surface area contributed by atoms with Gasteiger partial charge in [-0.05, 0) is 62.3 Å². The third-order valence-electron chi connectivity index (χ3n) is 6.07. The van der Waals surface area contributed by atoms with E-state index in [2.05, 4.69) is 46.4 Å². The number of aromatic nitrogens is 1. The van der Waals surface area contributed by atoms with Gasteiger partial charge in [0.1, 0.15) is 5.82 Å². The molecule has 2 heterocycles. The van der Waals surface area contributed by atoms with Crippen LogP contribution >= 0.6 is 0 Å². The van der Waals surface area contributed by atoms with Gasteiger partial charge in [0.2, 0.25) is 0 Å². The van der Waals surface area contributed by atoms with E-state index < -0.39 is 0 Å². The van der Waals surface area contributed by atoms with Gasteiger partial charge in [0.25, 0.3) is 5.91 Å². The largest absolute Gasteiger partial charge is 0.396 e. The molecule has 0 unspecified atom stereocenters. The smallest absolute Gasteiger partial charge is 0.251 e. The molecule has 2 aliphatic rings. The van der Waals surface area contributed by atoms with Gasteiger partial charge < -0.3 is 15.3 Å². The van der Waals surface area contributed by atoms with Crippen molar-refractivity contribution in [3.8, 4) is 0 Å². The first kappa shape index (κ1) is 18.9. The van der Waals surface area contributed by atoms with Crippen LogP contribution in [0.2, 0.25) is 0 Å². The summed E-state index contributed by atoms with van der Waals surface area (Å²) in [5.41, 5.74) is 3.04. The number of benzene rings is 1. The van der Waals surface area contributed by atoms with Crippen LogP contribution in [0.25, 0.3) is 0 Å². The summed E-state index contributed by atoms with van der Waals surface area (Å²) in [6.07, 6.45) is 6.73. The molecule has 2 N–H and O–H groups in total. The Morgan fingerprint density at radius 3 is 2.89 bits per heavy atom. The molecule has 1 aromatic heterocycles. The van der Waals surface area contributed by atoms with Gasteiger partial charge in [-0.3, -0.25) is 4.79 Å². The van der Waals surface area contributed by atoms with Gasteiger partial charge in [0.05, 0.1) is 6.61 Å². The highest BCUT2D eigenvalue weighted by Crippen LogP contribution is 2.35. The van der Waals surface area contributed by atoms with Crippen molar-refractivity contribution in [3.05, 3.63) is 59.3 Å². The maximum Gasteiger partial charge on any atom is 0.251 e. The summed E-state index contributed by atoms with van der Waals surface area (Å²) in [7, 11) is 0. The molecule has 1 amide bonds. The highest BCUT2D eigenvalue weighted by atomic mass is 16.3. The van der Waals surface area contributed by atoms with Crippen LogP contribution in [0.3, 0.4) is 0 Å². The minimum atomic E-state index is -0.182. The molecule has 5 heteroatoms. The van der Waals surface area contributed by atoms with Crippen LogP contribution in [0.1, 0.15) is 47.2 Å². The number of carbonyl (C=O) groups excluding carboxylic acids is 1. The maximum absolute atomic E-state index is 12.4. The van der Waals surface area contributed by atoms with E-state index in [0.29, 0.717) is 11.6 Å². The molecule has 2 aromatic rings. The van der Waals surface area contributed by atoms with Crippen molar-refractivity contribution in [2.24, 2.45) is 5.41 Å². The van der Waals surface area contributed by atoms with Crippen molar-refractivity contribution in [2.45, 2.75) is 45.1 Å². The SMILES string of the molecule is Cc1ccccc1C[C@]1(CO)CCCN(c2cc(C(=O)NC3CC3)ccn2)C1. The first-order valence-electron chi connectivity index (χ1n) is 10.3. The summed E-state index contributed by atoms with van der Waals surface area (Å²) in [6, 6.07) is 12.4. The first-order valence-corrected chi connectivity index (χ1v) is 10.3. The Bertz CT molecular complexity index is 849. The molecule has 148 valence electrons. The first-order chi connectivity index (χ1) is 13.6. The zero-order valence-corrected chi connectivity index (χ0v) is 16.5. The lowest BCUT2D eigenvalue weighted by Gasteiger charge is -2.43. The number of nitrogens with one attached hydrogen (secondary N) is 1. The second-order valence-electron chi connectivity index (χ2n) is 8.44. The molecule has 5 nitrogen and oxygen atoms in total. The number of nitrogens with zero attached hydrogens (tertiary/aromatic N) is 2. The fraction of sp³-hybridized carbons (Fsp3) is 0.478. The molecule has 1 atom stereocenters. The zero-order valence-electron chi connectivity index (χ0n) is 16.5. The molecule has 1 aromatic carbocycles. The molecule has 1 saturated carbocycles. The number of hydrogen-bond donors (Lipinski definition) is 2. The predicted octanol–water partition coefficient (Wildman–Crippen LogP) is 3.10. The minimum Gasteiger partial charge on any atom is -0.396 e. The zero-order chi connectivity index (χ0) is 19.6. The normalized spacial score (nSPS) is 22.1. The minimum absolute atomic E-state index is 0.0171. The standard InChI is InChI=1S/C23H29N3O2/c1-17-5-2-3-6-19(17)14-23(16-27)10-4-12-26(15-23)21-13-18(9-11-24-21)22(28)25-20-7-8-20/h2-3,5-6,9,11,13,20,27H,4,7-8,10,12,14-16H2,1H3,(H,25,28)/t23-/m1/s1. The van der Waals surface area contributed by atoms with Crippen LogP contribution in [0.15, 0.2) is 42.6 Å². The van der Waals surface area contributed by atoms with Crippen molar-refractivity contribution in [1.82, 2.24) is 10.3 Å². The van der Waals surface area contributed by atoms with Gasteiger partial charge in [0.15, 0.2) is 0 Å². The Morgan fingerprint density at radius 1 is 1.32 bits per heavy atom. The number of anilines is 1. The summed E-state index contributed by atoms with van der Waals surface area (Å²) >= 11 is 0. The van der Waals surface area contributed by atoms with E-state index in [0.717, 1.165) is 51.0 Å². The average Bonchev–Trinajstić information content (AvgIpc) is 3.54. The number of hydrogen-bond acceptors (Lipinski definition) is 4. The second kappa shape index (κ2) is 7.92. The van der Waals surface area contributed by atoms with E-state index in [1.807, 2.05) is 6.07 Å². The molecule has 1 aliphatic carbocycles. The molecule has 0 spiro atoms. The Kier molecular flexibility index (Phi) is 5.36. The van der Waals surface area contributed by atoms with E-state index in [1.165, 1.54) is 11.1 Å². The lowest BCUT2D eigenvalue weighted by Crippen LogP contribution is -2.47. The van der Waals surface area contributed by atoms with Gasteiger partial charge in [-0.25, -0.2) is 4.98 Å². The highest BCUT2D eigenvalue weighted by Gasteiger charge is 2.36. The van der Waals surface area contributed by atoms with Gasteiger partial charge in [0, 0.05) is 36.3 Å². The number of rotatable bonds is 6. The third kappa shape index (κ3) is 4.20. The lowest BCUT2D eigenvalue weighted by molar-refractivity contribution is 0.0950. The molecule has 2 fully saturated rings. The number of aliphatic hydroxyl groups is 1. The number of pyridine rings is 1. The summed E-state index contributed by atoms with van der Waals surface area (Å²) in [4.78, 5) is 19.2. The molecular weight excluding hydrogens is 350 g/mol. The number of amides is 1. The summed E-state index contributed by atoms with van der Waals surface area (Å²) in [5, 5.41) is 13.3. The molecular formula is C23H29N3O2. The number of piperidine rings is 1. The van der Waals surface area contributed by atoms with Crippen LogP contribution in [0, 0.1) is 12.3 Å². The average molecular weight is 380 g/mol. The number of aliphatic hydroxyl groups excluding tert-OH is 1. The quantitative estimate of drug-likeness (QED) is 0.809. The number of aryl methyl sites for hydroxylation is 1. The monoisotopic (exact) mass is 379 g/mol. The van der Waals surface area contributed by atoms with Crippen molar-refractivity contribution < 1.29 is 9.90 Å². The molecule has 0 radical (unpaired) electrons. The summed E-state index contributed by atoms with van der Waals surface area (Å²) in [5.74, 6) is 0.808. The lowest BCUT2D eigenvalue weighted by atomic mass is 9.75. The summed E-state index contributed by atoms with van der Waals surface area (Å²) < 4.78 is 0. The van der Waals surface area contributed by atoms with Crippen LogP contribution in [-0.4, -0.2) is 41.7 Å². The number of carbonyl (C=O) groups is 1. The highest BCUT2D eigenvalue weighted by molar-refractivity contribution is 5.95. The van der Waals surface area contributed by atoms with E-state index in [9.17, 15) is 9.90 Å². The van der Waals surface area contributed by atoms with Crippen molar-refractivity contribution >= 4 is 11.7 Å². The van der Waals surface area contributed by atoms with Crippen molar-refractivity contribution in [1.29, 1.82) is 0 Å².